The molecular weight excluding hydrogens is 238 g/mol. The molecule has 0 bridgehead atoms. The summed E-state index contributed by atoms with van der Waals surface area (Å²) in [6, 6.07) is 9.66. The average Bonchev–Trinajstić information content (AvgIpc) is 2.31. The second kappa shape index (κ2) is 5.14. The predicted molar refractivity (Wildman–Crippen MR) is 63.5 cm³/mol. The first kappa shape index (κ1) is 12.5. The Morgan fingerprint density at radius 1 is 1.11 bits per heavy atom. The van der Waals surface area contributed by atoms with Gasteiger partial charge in [0.05, 0.1) is 6.10 Å². The lowest BCUT2D eigenvalue weighted by Crippen LogP contribution is -1.98. The Morgan fingerprint density at radius 3 is 2.50 bits per heavy atom. The Bertz CT molecular complexity index is 553. The topological polar surface area (TPSA) is 29.5 Å². The number of para-hydroxylation sites is 1. The van der Waals surface area contributed by atoms with Gasteiger partial charge >= 0.3 is 0 Å². The van der Waals surface area contributed by atoms with E-state index in [4.69, 9.17) is 4.74 Å². The molecule has 1 unspecified atom stereocenters. The summed E-state index contributed by atoms with van der Waals surface area (Å²) in [7, 11) is 0. The van der Waals surface area contributed by atoms with Gasteiger partial charge in [-0.15, -0.1) is 0 Å². The Kier molecular flexibility index (Phi) is 3.58. The van der Waals surface area contributed by atoms with E-state index in [0.717, 1.165) is 6.07 Å². The minimum atomic E-state index is -0.871. The monoisotopic (exact) mass is 250 g/mol. The molecule has 2 nitrogen and oxygen atoms in total. The summed E-state index contributed by atoms with van der Waals surface area (Å²) in [6.45, 7) is 1.51. The molecule has 0 saturated carbocycles. The zero-order valence-corrected chi connectivity index (χ0v) is 9.73. The second-order valence-electron chi connectivity index (χ2n) is 3.89. The van der Waals surface area contributed by atoms with Crippen molar-refractivity contribution in [3.05, 3.63) is 59.7 Å². The van der Waals surface area contributed by atoms with E-state index >= 15 is 0 Å². The standard InChI is InChI=1S/C14H12F2O2/c1-9(17)12-6-3-7-13(16)14(12)18-11-5-2-4-10(15)8-11/h2-9,17H,1H3. The number of aliphatic hydroxyl groups excluding tert-OH is 1. The first-order chi connectivity index (χ1) is 8.58. The van der Waals surface area contributed by atoms with Gasteiger partial charge < -0.3 is 9.84 Å². The van der Waals surface area contributed by atoms with Crippen LogP contribution in [0, 0.1) is 11.6 Å². The molecule has 0 fully saturated rings. The Balaban J connectivity index is 2.39. The van der Waals surface area contributed by atoms with Crippen molar-refractivity contribution < 1.29 is 18.6 Å². The molecule has 0 amide bonds. The number of aliphatic hydroxyl groups is 1. The fourth-order valence-electron chi connectivity index (χ4n) is 1.61. The van der Waals surface area contributed by atoms with Gasteiger partial charge in [-0.05, 0) is 25.1 Å². The van der Waals surface area contributed by atoms with Crippen LogP contribution >= 0.6 is 0 Å². The van der Waals surface area contributed by atoms with E-state index < -0.39 is 17.7 Å². The van der Waals surface area contributed by atoms with Crippen molar-refractivity contribution >= 4 is 0 Å². The van der Waals surface area contributed by atoms with Crippen molar-refractivity contribution in [2.45, 2.75) is 13.0 Å². The largest absolute Gasteiger partial charge is 0.454 e. The van der Waals surface area contributed by atoms with Crippen LogP contribution in [0.15, 0.2) is 42.5 Å². The summed E-state index contributed by atoms with van der Waals surface area (Å²) >= 11 is 0. The quantitative estimate of drug-likeness (QED) is 0.897. The third-order valence-electron chi connectivity index (χ3n) is 2.46. The van der Waals surface area contributed by atoms with E-state index in [1.165, 1.54) is 37.3 Å². The normalized spacial score (nSPS) is 12.2. The molecule has 2 aromatic carbocycles. The predicted octanol–water partition coefficient (Wildman–Crippen LogP) is 3.81. The van der Waals surface area contributed by atoms with Gasteiger partial charge in [0, 0.05) is 11.6 Å². The van der Waals surface area contributed by atoms with Crippen molar-refractivity contribution in [3.8, 4) is 11.5 Å². The maximum atomic E-state index is 13.7. The van der Waals surface area contributed by atoms with Gasteiger partial charge in [-0.3, -0.25) is 0 Å². The van der Waals surface area contributed by atoms with Gasteiger partial charge in [-0.25, -0.2) is 8.78 Å². The van der Waals surface area contributed by atoms with Crippen LogP contribution in [0.4, 0.5) is 8.78 Å². The molecule has 0 aliphatic carbocycles. The summed E-state index contributed by atoms with van der Waals surface area (Å²) < 4.78 is 32.0. The van der Waals surface area contributed by atoms with E-state index in [2.05, 4.69) is 0 Å². The van der Waals surface area contributed by atoms with E-state index in [1.54, 1.807) is 6.07 Å². The molecule has 0 radical (unpaired) electrons. The van der Waals surface area contributed by atoms with Crippen molar-refractivity contribution in [1.82, 2.24) is 0 Å². The van der Waals surface area contributed by atoms with Crippen molar-refractivity contribution in [2.75, 3.05) is 0 Å². The van der Waals surface area contributed by atoms with Crippen LogP contribution in [0.2, 0.25) is 0 Å². The van der Waals surface area contributed by atoms with E-state index in [1.807, 2.05) is 0 Å². The van der Waals surface area contributed by atoms with Gasteiger partial charge in [-0.1, -0.05) is 18.2 Å². The summed E-state index contributed by atoms with van der Waals surface area (Å²) in [6.07, 6.45) is -0.871. The number of hydrogen-bond donors (Lipinski definition) is 1. The molecule has 18 heavy (non-hydrogen) atoms. The molecule has 2 rings (SSSR count). The highest BCUT2D eigenvalue weighted by Crippen LogP contribution is 2.32. The van der Waals surface area contributed by atoms with Crippen LogP contribution in [0.25, 0.3) is 0 Å². The van der Waals surface area contributed by atoms with Gasteiger partial charge in [0.15, 0.2) is 11.6 Å². The number of halogens is 2. The smallest absolute Gasteiger partial charge is 0.168 e. The minimum Gasteiger partial charge on any atom is -0.454 e. The van der Waals surface area contributed by atoms with Crippen LogP contribution in [-0.4, -0.2) is 5.11 Å². The molecule has 4 heteroatoms. The number of hydrogen-bond acceptors (Lipinski definition) is 2. The van der Waals surface area contributed by atoms with E-state index in [9.17, 15) is 13.9 Å². The number of ether oxygens (including phenoxy) is 1. The molecule has 0 aliphatic rings. The summed E-state index contributed by atoms with van der Waals surface area (Å²) in [5.41, 5.74) is 0.319. The second-order valence-corrected chi connectivity index (χ2v) is 3.89. The molecule has 0 spiro atoms. The van der Waals surface area contributed by atoms with Crippen molar-refractivity contribution in [3.63, 3.8) is 0 Å². The third-order valence-corrected chi connectivity index (χ3v) is 2.46. The lowest BCUT2D eigenvalue weighted by Gasteiger charge is -2.13. The molecule has 0 aromatic heterocycles. The molecule has 2 aromatic rings. The molecule has 0 heterocycles. The maximum Gasteiger partial charge on any atom is 0.168 e. The SMILES string of the molecule is CC(O)c1cccc(F)c1Oc1cccc(F)c1. The van der Waals surface area contributed by atoms with Crippen molar-refractivity contribution in [1.29, 1.82) is 0 Å². The molecular formula is C14H12F2O2. The zero-order valence-electron chi connectivity index (χ0n) is 9.73. The highest BCUT2D eigenvalue weighted by atomic mass is 19.1. The fraction of sp³-hybridized carbons (Fsp3) is 0.143. The first-order valence-electron chi connectivity index (χ1n) is 5.48. The highest BCUT2D eigenvalue weighted by Gasteiger charge is 2.14. The van der Waals surface area contributed by atoms with Gasteiger partial charge in [0.1, 0.15) is 11.6 Å². The highest BCUT2D eigenvalue weighted by molar-refractivity contribution is 5.40. The lowest BCUT2D eigenvalue weighted by molar-refractivity contribution is 0.194. The number of rotatable bonds is 3. The van der Waals surface area contributed by atoms with Crippen LogP contribution in [-0.2, 0) is 0 Å². The Morgan fingerprint density at radius 2 is 1.83 bits per heavy atom. The third kappa shape index (κ3) is 2.65. The van der Waals surface area contributed by atoms with Crippen molar-refractivity contribution in [2.24, 2.45) is 0 Å². The lowest BCUT2D eigenvalue weighted by atomic mass is 10.1. The van der Waals surface area contributed by atoms with Gasteiger partial charge in [0.2, 0.25) is 0 Å². The van der Waals surface area contributed by atoms with Gasteiger partial charge in [0.25, 0.3) is 0 Å². The molecule has 1 N–H and O–H groups in total. The summed E-state index contributed by atoms with van der Waals surface area (Å²) in [5.74, 6) is -0.972. The van der Waals surface area contributed by atoms with E-state index in [0.29, 0.717) is 5.56 Å². The average molecular weight is 250 g/mol. The molecule has 94 valence electrons. The summed E-state index contributed by atoms with van der Waals surface area (Å²) in [4.78, 5) is 0. The molecule has 0 aliphatic heterocycles. The Labute approximate surface area is 103 Å². The van der Waals surface area contributed by atoms with Crippen LogP contribution in [0.5, 0.6) is 11.5 Å². The van der Waals surface area contributed by atoms with Crippen LogP contribution in [0.1, 0.15) is 18.6 Å². The number of benzene rings is 2. The van der Waals surface area contributed by atoms with E-state index in [-0.39, 0.29) is 11.5 Å². The zero-order chi connectivity index (χ0) is 13.1. The first-order valence-corrected chi connectivity index (χ1v) is 5.48. The van der Waals surface area contributed by atoms with Gasteiger partial charge in [-0.2, -0.15) is 0 Å². The fourth-order valence-corrected chi connectivity index (χ4v) is 1.61. The summed E-state index contributed by atoms with van der Waals surface area (Å²) in [5, 5.41) is 9.54. The van der Waals surface area contributed by atoms with Crippen LogP contribution < -0.4 is 4.74 Å². The Hall–Kier alpha value is -1.94. The molecule has 1 atom stereocenters. The van der Waals surface area contributed by atoms with Crippen LogP contribution in [0.3, 0.4) is 0 Å². The maximum absolute atomic E-state index is 13.7. The molecule has 0 saturated heterocycles. The minimum absolute atomic E-state index is 0.0851.